The van der Waals surface area contributed by atoms with E-state index in [1.165, 1.54) is 18.4 Å². The van der Waals surface area contributed by atoms with Crippen LogP contribution in [0.3, 0.4) is 0 Å². The molecule has 3 aromatic carbocycles. The molecule has 0 saturated heterocycles. The van der Waals surface area contributed by atoms with Crippen molar-refractivity contribution in [2.75, 3.05) is 7.11 Å². The predicted octanol–water partition coefficient (Wildman–Crippen LogP) is 6.65. The Labute approximate surface area is 231 Å². The van der Waals surface area contributed by atoms with E-state index in [1.54, 1.807) is 7.11 Å². The predicted molar refractivity (Wildman–Crippen MR) is 153 cm³/mol. The number of rotatable bonds is 10. The molecule has 1 heterocycles. The number of benzene rings is 3. The smallest absolute Gasteiger partial charge is 0.254 e. The number of hydrogen-bond acceptors (Lipinski definition) is 4. The minimum absolute atomic E-state index is 0.0299. The highest BCUT2D eigenvalue weighted by atomic mass is 16.5. The standard InChI is InChI=1S/C33H37N3O3/c1-22-9-11-25(12-10-22)21-39-32-8-6-7-30(24(32)3)33(37)36(19-27-15-16-29(38-5)17-23(27)2)20-28-18-31(26-13-14-26)34-35(28)4/h6-12,15-18,26H,13-14,19-21H2,1-5H3. The second-order valence-corrected chi connectivity index (χ2v) is 10.6. The molecule has 0 unspecified atom stereocenters. The van der Waals surface area contributed by atoms with Gasteiger partial charge >= 0.3 is 0 Å². The van der Waals surface area contributed by atoms with Crippen LogP contribution in [0.1, 0.15) is 68.3 Å². The van der Waals surface area contributed by atoms with Crippen LogP contribution in [-0.2, 0) is 26.7 Å². The Hall–Kier alpha value is -4.06. The summed E-state index contributed by atoms with van der Waals surface area (Å²) in [6, 6.07) is 22.2. The minimum Gasteiger partial charge on any atom is -0.497 e. The van der Waals surface area contributed by atoms with Gasteiger partial charge in [0.1, 0.15) is 18.1 Å². The van der Waals surface area contributed by atoms with E-state index >= 15 is 0 Å². The highest BCUT2D eigenvalue weighted by molar-refractivity contribution is 5.96. The van der Waals surface area contributed by atoms with Gasteiger partial charge in [-0.25, -0.2) is 0 Å². The molecule has 4 aromatic rings. The lowest BCUT2D eigenvalue weighted by Crippen LogP contribution is -2.31. The first-order valence-corrected chi connectivity index (χ1v) is 13.6. The molecule has 5 rings (SSSR count). The molecular formula is C33H37N3O3. The second kappa shape index (κ2) is 11.4. The van der Waals surface area contributed by atoms with Crippen molar-refractivity contribution in [1.82, 2.24) is 14.7 Å². The van der Waals surface area contributed by atoms with Crippen molar-refractivity contribution in [2.45, 2.75) is 59.2 Å². The SMILES string of the molecule is COc1ccc(CN(Cc2cc(C3CC3)nn2C)C(=O)c2cccc(OCc3ccc(C)cc3)c2C)c(C)c1. The average Bonchev–Trinajstić information content (AvgIpc) is 3.72. The molecule has 1 aliphatic carbocycles. The van der Waals surface area contributed by atoms with E-state index in [2.05, 4.69) is 44.2 Å². The van der Waals surface area contributed by atoms with E-state index in [-0.39, 0.29) is 5.91 Å². The fourth-order valence-corrected chi connectivity index (χ4v) is 4.85. The molecule has 0 aliphatic heterocycles. The van der Waals surface area contributed by atoms with Crippen LogP contribution in [0.2, 0.25) is 0 Å². The molecule has 0 atom stereocenters. The number of hydrogen-bond donors (Lipinski definition) is 0. The van der Waals surface area contributed by atoms with Gasteiger partial charge in [0, 0.05) is 30.6 Å². The summed E-state index contributed by atoms with van der Waals surface area (Å²) in [5, 5.41) is 4.74. The monoisotopic (exact) mass is 523 g/mol. The van der Waals surface area contributed by atoms with Crippen LogP contribution in [0.5, 0.6) is 11.5 Å². The molecule has 0 bridgehead atoms. The van der Waals surface area contributed by atoms with Crippen LogP contribution in [0, 0.1) is 20.8 Å². The lowest BCUT2D eigenvalue weighted by molar-refractivity contribution is 0.0724. The number of nitrogens with zero attached hydrogens (tertiary/aromatic N) is 3. The largest absolute Gasteiger partial charge is 0.497 e. The third-order valence-electron chi connectivity index (χ3n) is 7.57. The topological polar surface area (TPSA) is 56.6 Å². The molecule has 0 N–H and O–H groups in total. The Balaban J connectivity index is 1.42. The van der Waals surface area contributed by atoms with Gasteiger partial charge in [-0.05, 0) is 80.6 Å². The molecule has 1 saturated carbocycles. The molecule has 1 amide bonds. The fraction of sp³-hybridized carbons (Fsp3) is 0.333. The summed E-state index contributed by atoms with van der Waals surface area (Å²) in [5.74, 6) is 2.06. The van der Waals surface area contributed by atoms with Crippen LogP contribution in [0.4, 0.5) is 0 Å². The molecule has 1 fully saturated rings. The molecule has 1 aliphatic rings. The molecule has 0 spiro atoms. The maximum absolute atomic E-state index is 14.2. The van der Waals surface area contributed by atoms with Crippen LogP contribution < -0.4 is 9.47 Å². The highest BCUT2D eigenvalue weighted by Crippen LogP contribution is 2.39. The second-order valence-electron chi connectivity index (χ2n) is 10.6. The average molecular weight is 524 g/mol. The minimum atomic E-state index is -0.0299. The van der Waals surface area contributed by atoms with Crippen molar-refractivity contribution in [3.8, 4) is 11.5 Å². The molecule has 6 nitrogen and oxygen atoms in total. The Morgan fingerprint density at radius 2 is 1.77 bits per heavy atom. The van der Waals surface area contributed by atoms with Gasteiger partial charge in [0.05, 0.1) is 25.0 Å². The molecule has 6 heteroatoms. The number of carbonyl (C=O) groups is 1. The van der Waals surface area contributed by atoms with Crippen LogP contribution in [-0.4, -0.2) is 27.7 Å². The van der Waals surface area contributed by atoms with Gasteiger partial charge in [-0.1, -0.05) is 42.0 Å². The van der Waals surface area contributed by atoms with Crippen molar-refractivity contribution < 1.29 is 14.3 Å². The zero-order chi connectivity index (χ0) is 27.5. The number of methoxy groups -OCH3 is 1. The van der Waals surface area contributed by atoms with E-state index in [0.717, 1.165) is 45.1 Å². The number of aryl methyl sites for hydroxylation is 3. The van der Waals surface area contributed by atoms with Crippen molar-refractivity contribution in [3.05, 3.63) is 111 Å². The zero-order valence-corrected chi connectivity index (χ0v) is 23.5. The number of carbonyl (C=O) groups excluding carboxylic acids is 1. The van der Waals surface area contributed by atoms with Gasteiger partial charge < -0.3 is 14.4 Å². The summed E-state index contributed by atoms with van der Waals surface area (Å²) in [6.07, 6.45) is 2.39. The Morgan fingerprint density at radius 3 is 2.46 bits per heavy atom. The quantitative estimate of drug-likeness (QED) is 0.233. The van der Waals surface area contributed by atoms with E-state index in [0.29, 0.717) is 31.2 Å². The van der Waals surface area contributed by atoms with Crippen LogP contribution in [0.15, 0.2) is 66.7 Å². The van der Waals surface area contributed by atoms with E-state index in [9.17, 15) is 4.79 Å². The third kappa shape index (κ3) is 6.17. The summed E-state index contributed by atoms with van der Waals surface area (Å²) in [4.78, 5) is 16.1. The van der Waals surface area contributed by atoms with Crippen LogP contribution >= 0.6 is 0 Å². The fourth-order valence-electron chi connectivity index (χ4n) is 4.85. The van der Waals surface area contributed by atoms with Crippen molar-refractivity contribution in [3.63, 3.8) is 0 Å². The molecule has 1 aromatic heterocycles. The Kier molecular flexibility index (Phi) is 7.73. The van der Waals surface area contributed by atoms with Crippen molar-refractivity contribution >= 4 is 5.91 Å². The first-order chi connectivity index (χ1) is 18.8. The highest BCUT2D eigenvalue weighted by Gasteiger charge is 2.28. The number of aromatic nitrogens is 2. The molecule has 39 heavy (non-hydrogen) atoms. The lowest BCUT2D eigenvalue weighted by atomic mass is 10.0. The summed E-state index contributed by atoms with van der Waals surface area (Å²) >= 11 is 0. The lowest BCUT2D eigenvalue weighted by Gasteiger charge is -2.25. The molecule has 0 radical (unpaired) electrons. The number of amides is 1. The van der Waals surface area contributed by atoms with Crippen molar-refractivity contribution in [1.29, 1.82) is 0 Å². The van der Waals surface area contributed by atoms with E-state index in [1.807, 2.05) is 60.0 Å². The summed E-state index contributed by atoms with van der Waals surface area (Å²) in [7, 11) is 3.63. The van der Waals surface area contributed by atoms with Gasteiger partial charge in [0.15, 0.2) is 0 Å². The summed E-state index contributed by atoms with van der Waals surface area (Å²) < 4.78 is 13.5. The number of ether oxygens (including phenoxy) is 2. The Morgan fingerprint density at radius 1 is 1.00 bits per heavy atom. The molecular weight excluding hydrogens is 486 g/mol. The van der Waals surface area contributed by atoms with Gasteiger partial charge in [-0.15, -0.1) is 0 Å². The van der Waals surface area contributed by atoms with Crippen LogP contribution in [0.25, 0.3) is 0 Å². The first kappa shape index (κ1) is 26.5. The normalized spacial score (nSPS) is 12.8. The maximum atomic E-state index is 14.2. The van der Waals surface area contributed by atoms with Crippen molar-refractivity contribution in [2.24, 2.45) is 7.05 Å². The zero-order valence-electron chi connectivity index (χ0n) is 23.5. The Bertz CT molecular complexity index is 1470. The van der Waals surface area contributed by atoms with E-state index < -0.39 is 0 Å². The maximum Gasteiger partial charge on any atom is 0.254 e. The van der Waals surface area contributed by atoms with Gasteiger partial charge in [0.2, 0.25) is 0 Å². The third-order valence-corrected chi connectivity index (χ3v) is 7.57. The first-order valence-electron chi connectivity index (χ1n) is 13.6. The van der Waals surface area contributed by atoms with Gasteiger partial charge in [0.25, 0.3) is 5.91 Å². The molecule has 202 valence electrons. The summed E-state index contributed by atoms with van der Waals surface area (Å²) in [6.45, 7) is 7.49. The summed E-state index contributed by atoms with van der Waals surface area (Å²) in [5.41, 5.74) is 8.12. The van der Waals surface area contributed by atoms with Gasteiger partial charge in [-0.2, -0.15) is 5.10 Å². The van der Waals surface area contributed by atoms with E-state index in [4.69, 9.17) is 14.6 Å². The van der Waals surface area contributed by atoms with Gasteiger partial charge in [-0.3, -0.25) is 9.48 Å².